The number of carbonyl (C=O) groups excluding carboxylic acids is 2. The number of benzene rings is 1. The first-order valence-electron chi connectivity index (χ1n) is 4.52. The molecular formula is C11H11FO4. The summed E-state index contributed by atoms with van der Waals surface area (Å²) in [4.78, 5) is 22.2. The topological polar surface area (TPSA) is 52.6 Å². The average Bonchev–Trinajstić information content (AvgIpc) is 2.30. The predicted octanol–water partition coefficient (Wildman–Crippen LogP) is 1.12. The SMILES string of the molecule is COC(=O)C(=O)Cc1c(F)cccc1OC. The molecule has 0 aliphatic heterocycles. The predicted molar refractivity (Wildman–Crippen MR) is 53.7 cm³/mol. The van der Waals surface area contributed by atoms with Gasteiger partial charge in [0.05, 0.1) is 14.2 Å². The van der Waals surface area contributed by atoms with Gasteiger partial charge in [0.15, 0.2) is 0 Å². The zero-order valence-corrected chi connectivity index (χ0v) is 8.95. The van der Waals surface area contributed by atoms with E-state index in [1.807, 2.05) is 0 Å². The summed E-state index contributed by atoms with van der Waals surface area (Å²) < 4.78 is 22.5. The minimum atomic E-state index is -0.995. The van der Waals surface area contributed by atoms with Gasteiger partial charge >= 0.3 is 5.97 Å². The molecule has 0 N–H and O–H groups in total. The lowest BCUT2D eigenvalue weighted by Gasteiger charge is -2.07. The van der Waals surface area contributed by atoms with Gasteiger partial charge < -0.3 is 9.47 Å². The van der Waals surface area contributed by atoms with E-state index in [4.69, 9.17) is 4.74 Å². The van der Waals surface area contributed by atoms with Crippen LogP contribution in [0.25, 0.3) is 0 Å². The maximum absolute atomic E-state index is 13.4. The zero-order chi connectivity index (χ0) is 12.1. The Morgan fingerprint density at radius 3 is 2.56 bits per heavy atom. The Balaban J connectivity index is 2.96. The molecule has 0 radical (unpaired) electrons. The summed E-state index contributed by atoms with van der Waals surface area (Å²) in [5, 5.41) is 0. The van der Waals surface area contributed by atoms with Crippen molar-refractivity contribution in [1.29, 1.82) is 0 Å². The van der Waals surface area contributed by atoms with Gasteiger partial charge in [0.25, 0.3) is 0 Å². The number of halogens is 1. The fourth-order valence-electron chi connectivity index (χ4n) is 1.25. The molecule has 0 aliphatic carbocycles. The van der Waals surface area contributed by atoms with Crippen LogP contribution in [-0.2, 0) is 20.7 Å². The molecule has 0 unspecified atom stereocenters. The second-order valence-corrected chi connectivity index (χ2v) is 3.01. The van der Waals surface area contributed by atoms with Gasteiger partial charge in [0.2, 0.25) is 5.78 Å². The van der Waals surface area contributed by atoms with Crippen LogP contribution in [0.4, 0.5) is 4.39 Å². The Kier molecular flexibility index (Phi) is 3.99. The summed E-state index contributed by atoms with van der Waals surface area (Å²) in [6.45, 7) is 0. The first kappa shape index (κ1) is 12.2. The van der Waals surface area contributed by atoms with E-state index in [-0.39, 0.29) is 17.7 Å². The lowest BCUT2D eigenvalue weighted by atomic mass is 10.1. The summed E-state index contributed by atoms with van der Waals surface area (Å²) in [5.74, 6) is -2.16. The molecule has 1 aromatic rings. The quantitative estimate of drug-likeness (QED) is 0.570. The Morgan fingerprint density at radius 2 is 2.00 bits per heavy atom. The summed E-state index contributed by atoms with van der Waals surface area (Å²) in [6.07, 6.45) is -0.373. The van der Waals surface area contributed by atoms with Crippen molar-refractivity contribution in [3.8, 4) is 5.75 Å². The molecule has 0 amide bonds. The highest BCUT2D eigenvalue weighted by Crippen LogP contribution is 2.21. The highest BCUT2D eigenvalue weighted by molar-refractivity contribution is 6.34. The first-order chi connectivity index (χ1) is 7.60. The number of ether oxygens (including phenoxy) is 2. The van der Waals surface area contributed by atoms with Gasteiger partial charge in [-0.15, -0.1) is 0 Å². The summed E-state index contributed by atoms with van der Waals surface area (Å²) in [7, 11) is 2.46. The van der Waals surface area contributed by atoms with Crippen molar-refractivity contribution in [2.45, 2.75) is 6.42 Å². The van der Waals surface area contributed by atoms with Crippen molar-refractivity contribution in [2.24, 2.45) is 0 Å². The Bertz CT molecular complexity index is 414. The molecular weight excluding hydrogens is 215 g/mol. The minimum absolute atomic E-state index is 0.0559. The van der Waals surface area contributed by atoms with Gasteiger partial charge in [-0.25, -0.2) is 9.18 Å². The van der Waals surface area contributed by atoms with Crippen LogP contribution in [0.2, 0.25) is 0 Å². The molecule has 0 atom stereocenters. The van der Waals surface area contributed by atoms with Crippen LogP contribution in [0, 0.1) is 5.82 Å². The van der Waals surface area contributed by atoms with Crippen LogP contribution >= 0.6 is 0 Å². The standard InChI is InChI=1S/C11H11FO4/c1-15-10-5-3-4-8(12)7(10)6-9(13)11(14)16-2/h3-5H,6H2,1-2H3. The second-order valence-electron chi connectivity index (χ2n) is 3.01. The van der Waals surface area contributed by atoms with Crippen molar-refractivity contribution in [3.63, 3.8) is 0 Å². The molecule has 0 fully saturated rings. The number of hydrogen-bond donors (Lipinski definition) is 0. The van der Waals surface area contributed by atoms with Gasteiger partial charge in [-0.2, -0.15) is 0 Å². The number of ketones is 1. The third-order valence-electron chi connectivity index (χ3n) is 2.05. The van der Waals surface area contributed by atoms with E-state index in [0.717, 1.165) is 7.11 Å². The van der Waals surface area contributed by atoms with E-state index < -0.39 is 17.6 Å². The molecule has 1 rings (SSSR count). The van der Waals surface area contributed by atoms with Crippen molar-refractivity contribution in [1.82, 2.24) is 0 Å². The molecule has 16 heavy (non-hydrogen) atoms. The molecule has 0 saturated carbocycles. The largest absolute Gasteiger partial charge is 0.496 e. The molecule has 5 heteroatoms. The highest BCUT2D eigenvalue weighted by Gasteiger charge is 2.19. The maximum Gasteiger partial charge on any atom is 0.374 e. The van der Waals surface area contributed by atoms with Gasteiger partial charge in [0, 0.05) is 12.0 Å². The van der Waals surface area contributed by atoms with Gasteiger partial charge in [-0.3, -0.25) is 4.79 Å². The fraction of sp³-hybridized carbons (Fsp3) is 0.273. The second kappa shape index (κ2) is 5.25. The smallest absolute Gasteiger partial charge is 0.374 e. The number of methoxy groups -OCH3 is 2. The normalized spacial score (nSPS) is 9.69. The lowest BCUT2D eigenvalue weighted by Crippen LogP contribution is -2.18. The Labute approximate surface area is 92.0 Å². The molecule has 4 nitrogen and oxygen atoms in total. The zero-order valence-electron chi connectivity index (χ0n) is 8.95. The van der Waals surface area contributed by atoms with Crippen molar-refractivity contribution >= 4 is 11.8 Å². The maximum atomic E-state index is 13.4. The molecule has 0 saturated heterocycles. The van der Waals surface area contributed by atoms with E-state index in [9.17, 15) is 14.0 Å². The Hall–Kier alpha value is -1.91. The molecule has 0 aromatic heterocycles. The van der Waals surface area contributed by atoms with Gasteiger partial charge in [-0.1, -0.05) is 6.07 Å². The third-order valence-corrected chi connectivity index (χ3v) is 2.05. The van der Waals surface area contributed by atoms with Crippen molar-refractivity contribution in [3.05, 3.63) is 29.6 Å². The number of rotatable bonds is 4. The van der Waals surface area contributed by atoms with E-state index in [1.54, 1.807) is 0 Å². The molecule has 0 bridgehead atoms. The van der Waals surface area contributed by atoms with Crippen molar-refractivity contribution in [2.75, 3.05) is 14.2 Å². The molecule has 86 valence electrons. The van der Waals surface area contributed by atoms with Crippen LogP contribution in [0.5, 0.6) is 5.75 Å². The van der Waals surface area contributed by atoms with E-state index in [0.29, 0.717) is 0 Å². The average molecular weight is 226 g/mol. The monoisotopic (exact) mass is 226 g/mol. The number of hydrogen-bond acceptors (Lipinski definition) is 4. The van der Waals surface area contributed by atoms with Crippen LogP contribution in [-0.4, -0.2) is 26.0 Å². The first-order valence-corrected chi connectivity index (χ1v) is 4.52. The Morgan fingerprint density at radius 1 is 1.31 bits per heavy atom. The van der Waals surface area contributed by atoms with E-state index >= 15 is 0 Å². The van der Waals surface area contributed by atoms with Crippen LogP contribution in [0.1, 0.15) is 5.56 Å². The van der Waals surface area contributed by atoms with Crippen LogP contribution in [0.3, 0.4) is 0 Å². The third kappa shape index (κ3) is 2.56. The molecule has 0 spiro atoms. The van der Waals surface area contributed by atoms with Crippen LogP contribution in [0.15, 0.2) is 18.2 Å². The molecule has 0 heterocycles. The lowest BCUT2D eigenvalue weighted by molar-refractivity contribution is -0.151. The number of carbonyl (C=O) groups is 2. The van der Waals surface area contributed by atoms with E-state index in [1.165, 1.54) is 25.3 Å². The molecule has 1 aromatic carbocycles. The van der Waals surface area contributed by atoms with E-state index in [2.05, 4.69) is 4.74 Å². The number of esters is 1. The summed E-state index contributed by atoms with van der Waals surface area (Å²) in [5.41, 5.74) is 0.0559. The van der Waals surface area contributed by atoms with Gasteiger partial charge in [0.1, 0.15) is 11.6 Å². The minimum Gasteiger partial charge on any atom is -0.496 e. The number of Topliss-reactive ketones (excluding diaryl/α,β-unsaturated/α-hetero) is 1. The van der Waals surface area contributed by atoms with Crippen LogP contribution < -0.4 is 4.74 Å². The fourth-order valence-corrected chi connectivity index (χ4v) is 1.25. The summed E-state index contributed by atoms with van der Waals surface area (Å²) >= 11 is 0. The van der Waals surface area contributed by atoms with Crippen molar-refractivity contribution < 1.29 is 23.5 Å². The van der Waals surface area contributed by atoms with Gasteiger partial charge in [-0.05, 0) is 12.1 Å². The highest BCUT2D eigenvalue weighted by atomic mass is 19.1. The summed E-state index contributed by atoms with van der Waals surface area (Å²) in [6, 6.07) is 4.17. The molecule has 0 aliphatic rings.